The molecule has 0 saturated carbocycles. The Balaban J connectivity index is 0.0000000971. The van der Waals surface area contributed by atoms with E-state index in [1.807, 2.05) is 47.7 Å². The van der Waals surface area contributed by atoms with Gasteiger partial charge in [0.2, 0.25) is 0 Å². The van der Waals surface area contributed by atoms with Crippen LogP contribution in [-0.2, 0) is 6.42 Å². The van der Waals surface area contributed by atoms with Crippen molar-refractivity contribution in [3.05, 3.63) is 295 Å². The second-order valence-corrected chi connectivity index (χ2v) is 21.4. The molecule has 0 fully saturated rings. The topological polar surface area (TPSA) is 35.4 Å². The van der Waals surface area contributed by atoms with Gasteiger partial charge in [0.25, 0.3) is 0 Å². The van der Waals surface area contributed by atoms with Crippen LogP contribution in [0.4, 0.5) is 34.1 Å². The molecule has 0 bridgehead atoms. The first-order valence-electron chi connectivity index (χ1n) is 27.5. The van der Waals surface area contributed by atoms with Crippen molar-refractivity contribution >= 4 is 115 Å². The van der Waals surface area contributed by atoms with E-state index >= 15 is 0 Å². The zero-order valence-corrected chi connectivity index (χ0v) is 45.0. The molecule has 5 heteroatoms. The van der Waals surface area contributed by atoms with Gasteiger partial charge in [0.1, 0.15) is 11.2 Å². The lowest BCUT2D eigenvalue weighted by atomic mass is 9.92. The molecule has 1 N–H and O–H groups in total. The maximum Gasteiger partial charge on any atom is 0.135 e. The highest BCUT2D eigenvalue weighted by molar-refractivity contribution is 7.25. The van der Waals surface area contributed by atoms with Crippen molar-refractivity contribution in [2.45, 2.75) is 39.0 Å². The Morgan fingerprint density at radius 3 is 1.41 bits per heavy atom. The van der Waals surface area contributed by atoms with Gasteiger partial charge in [-0.05, 0) is 147 Å². The molecule has 0 radical (unpaired) electrons. The fraction of sp³-hybridized carbons (Fsp3) is 0.0811. The van der Waals surface area contributed by atoms with Gasteiger partial charge in [0.05, 0.1) is 22.7 Å². The van der Waals surface area contributed by atoms with E-state index < -0.39 is 0 Å². The number of fused-ring (bicyclic) bond motifs is 13. The molecule has 0 spiro atoms. The Morgan fingerprint density at radius 1 is 0.380 bits per heavy atom. The molecule has 11 aromatic carbocycles. The third-order valence-corrected chi connectivity index (χ3v) is 16.5. The predicted molar refractivity (Wildman–Crippen MR) is 338 cm³/mol. The highest BCUT2D eigenvalue weighted by Gasteiger charge is 2.30. The lowest BCUT2D eigenvalue weighted by Crippen LogP contribution is -2.23. The van der Waals surface area contributed by atoms with Crippen molar-refractivity contribution in [2.24, 2.45) is 0 Å². The first-order valence-corrected chi connectivity index (χ1v) is 28.3. The number of nitrogens with zero attached hydrogens (tertiary/aromatic N) is 2. The summed E-state index contributed by atoms with van der Waals surface area (Å²) in [6, 6.07) is 95.4. The molecular formula is C74H59N3OS. The van der Waals surface area contributed by atoms with Crippen LogP contribution in [0.3, 0.4) is 0 Å². The number of aryl methyl sites for hydroxylation is 1. The minimum atomic E-state index is 0.962. The van der Waals surface area contributed by atoms with Crippen LogP contribution in [0.1, 0.15) is 42.4 Å². The van der Waals surface area contributed by atoms with Crippen molar-refractivity contribution < 1.29 is 4.42 Å². The van der Waals surface area contributed by atoms with E-state index in [9.17, 15) is 0 Å². The van der Waals surface area contributed by atoms with Gasteiger partial charge in [-0.15, -0.1) is 11.3 Å². The zero-order valence-electron chi connectivity index (χ0n) is 44.2. The van der Waals surface area contributed by atoms with E-state index in [-0.39, 0.29) is 0 Å². The molecule has 2 aliphatic carbocycles. The fourth-order valence-electron chi connectivity index (χ4n) is 11.7. The molecule has 3 aromatic heterocycles. The normalized spacial score (nSPS) is 13.0. The highest BCUT2D eigenvalue weighted by atomic mass is 32.1. The second-order valence-electron chi connectivity index (χ2n) is 20.4. The summed E-state index contributed by atoms with van der Waals surface area (Å²) in [5, 5.41) is 7.77. The molecule has 382 valence electrons. The molecule has 0 unspecified atom stereocenters. The minimum absolute atomic E-state index is 0.962. The number of aromatic amines is 1. The SMILES string of the molecule is Cc1ccc2[nH]c3ccccc3c2c1.c1ccc(N2c3ccccc3N(c3ccccc3)c3ccccc32)cc1.c1ccc2c(c1)CC1=C2CCCC1.c1ccc2c(c1)oc1ccccc12.c1ccc2c(c1)sc1ccccc12. The molecule has 0 saturated heterocycles. The third kappa shape index (κ3) is 9.97. The lowest BCUT2D eigenvalue weighted by molar-refractivity contribution is 0.669. The average molecular weight is 1040 g/mol. The van der Waals surface area contributed by atoms with Gasteiger partial charge in [0.15, 0.2) is 0 Å². The fourth-order valence-corrected chi connectivity index (χ4v) is 12.8. The molecule has 17 rings (SSSR count). The van der Waals surface area contributed by atoms with Gasteiger partial charge < -0.3 is 19.2 Å². The number of furan rings is 1. The molecule has 0 atom stereocenters. The lowest BCUT2D eigenvalue weighted by Gasteiger charge is -2.40. The number of benzene rings is 11. The Labute approximate surface area is 465 Å². The number of allylic oxidation sites excluding steroid dienone is 2. The standard InChI is InChI=1S/C24H18N2.C13H11N.C13H14.C12H8O.C12H8S/c1-3-11-19(12-4-1)25-21-15-7-9-17-23(21)26(20-13-5-2-6-14-20)24-18-10-8-16-22(24)25;1-9-6-7-13-11(8-9)10-4-2-3-5-12(10)14-13;1-3-7-12-10(5-1)9-11-6-2-4-8-13(11)12;2*1-3-7-11-9(5-1)10-6-2-4-8-12(10)13-11/h1-18H;2-8,14H,1H3;1,3,5,7H,2,4,6,8-9H2;2*1-8H. The maximum absolute atomic E-state index is 5.65. The predicted octanol–water partition coefficient (Wildman–Crippen LogP) is 21.8. The Kier molecular flexibility index (Phi) is 13.9. The van der Waals surface area contributed by atoms with Crippen molar-refractivity contribution in [2.75, 3.05) is 9.80 Å². The average Bonchev–Trinajstić information content (AvgIpc) is 4.37. The van der Waals surface area contributed by atoms with Crippen molar-refractivity contribution in [3.8, 4) is 0 Å². The van der Waals surface area contributed by atoms with Crippen LogP contribution in [0.5, 0.6) is 0 Å². The molecule has 79 heavy (non-hydrogen) atoms. The maximum atomic E-state index is 5.65. The molecule has 4 heterocycles. The van der Waals surface area contributed by atoms with Gasteiger partial charge in [-0.3, -0.25) is 0 Å². The van der Waals surface area contributed by atoms with Crippen molar-refractivity contribution in [3.63, 3.8) is 0 Å². The summed E-state index contributed by atoms with van der Waals surface area (Å²) in [5.41, 5.74) is 19.3. The highest BCUT2D eigenvalue weighted by Crippen LogP contribution is 2.54. The van der Waals surface area contributed by atoms with Gasteiger partial charge >= 0.3 is 0 Å². The van der Waals surface area contributed by atoms with E-state index in [1.165, 1.54) is 125 Å². The number of aromatic nitrogens is 1. The largest absolute Gasteiger partial charge is 0.456 e. The summed E-state index contributed by atoms with van der Waals surface area (Å²) in [6.07, 6.45) is 6.72. The summed E-state index contributed by atoms with van der Waals surface area (Å²) in [7, 11) is 0. The van der Waals surface area contributed by atoms with Gasteiger partial charge in [-0.2, -0.15) is 0 Å². The number of thiophene rings is 1. The second kappa shape index (κ2) is 22.3. The minimum Gasteiger partial charge on any atom is -0.456 e. The Hall–Kier alpha value is -9.42. The van der Waals surface area contributed by atoms with Crippen molar-refractivity contribution in [1.82, 2.24) is 4.98 Å². The number of para-hydroxylation sites is 9. The summed E-state index contributed by atoms with van der Waals surface area (Å²) in [4.78, 5) is 8.08. The van der Waals surface area contributed by atoms with E-state index in [4.69, 9.17) is 4.42 Å². The number of hydrogen-bond acceptors (Lipinski definition) is 4. The number of H-pyrrole nitrogens is 1. The van der Waals surface area contributed by atoms with Gasteiger partial charge in [0, 0.05) is 64.1 Å². The number of hydrogen-bond donors (Lipinski definition) is 1. The molecule has 3 aliphatic rings. The van der Waals surface area contributed by atoms with Crippen LogP contribution >= 0.6 is 11.3 Å². The number of rotatable bonds is 2. The monoisotopic (exact) mass is 1040 g/mol. The van der Waals surface area contributed by atoms with E-state index in [0.717, 1.165) is 11.2 Å². The van der Waals surface area contributed by atoms with Crippen LogP contribution in [0.2, 0.25) is 0 Å². The molecular weight excluding hydrogens is 979 g/mol. The van der Waals surface area contributed by atoms with Crippen LogP contribution in [0, 0.1) is 6.92 Å². The Morgan fingerprint density at radius 2 is 0.823 bits per heavy atom. The summed E-state index contributed by atoms with van der Waals surface area (Å²) >= 11 is 1.86. The van der Waals surface area contributed by atoms with Crippen LogP contribution in [0.25, 0.3) is 69.5 Å². The first kappa shape index (κ1) is 49.2. The van der Waals surface area contributed by atoms with Gasteiger partial charge in [-0.1, -0.05) is 193 Å². The van der Waals surface area contributed by atoms with E-state index in [2.05, 4.69) is 258 Å². The van der Waals surface area contributed by atoms with E-state index in [0.29, 0.717) is 0 Å². The van der Waals surface area contributed by atoms with Crippen LogP contribution in [0.15, 0.2) is 283 Å². The first-order chi connectivity index (χ1) is 39.1. The molecule has 14 aromatic rings. The molecule has 4 nitrogen and oxygen atoms in total. The molecule has 0 amide bonds. The van der Waals surface area contributed by atoms with Crippen LogP contribution < -0.4 is 9.80 Å². The quantitative estimate of drug-likeness (QED) is 0.187. The summed E-state index contributed by atoms with van der Waals surface area (Å²) < 4.78 is 8.41. The zero-order chi connectivity index (χ0) is 52.9. The van der Waals surface area contributed by atoms with E-state index in [1.54, 1.807) is 22.3 Å². The van der Waals surface area contributed by atoms with Gasteiger partial charge in [-0.25, -0.2) is 0 Å². The summed E-state index contributed by atoms with van der Waals surface area (Å²) in [5.74, 6) is 0. The van der Waals surface area contributed by atoms with Crippen molar-refractivity contribution in [1.29, 1.82) is 0 Å². The third-order valence-electron chi connectivity index (χ3n) is 15.3. The van der Waals surface area contributed by atoms with Crippen LogP contribution in [-0.4, -0.2) is 4.98 Å². The number of anilines is 6. The molecule has 1 aliphatic heterocycles. The number of nitrogens with one attached hydrogen (secondary N) is 1. The smallest absolute Gasteiger partial charge is 0.135 e. The Bertz CT molecular complexity index is 4110. The summed E-state index contributed by atoms with van der Waals surface area (Å²) in [6.45, 7) is 2.13.